The van der Waals surface area contributed by atoms with E-state index in [-0.39, 0.29) is 12.0 Å². The molecule has 1 aliphatic heterocycles. The van der Waals surface area contributed by atoms with Crippen LogP contribution < -0.4 is 14.8 Å². The lowest BCUT2D eigenvalue weighted by Crippen LogP contribution is -2.42. The maximum Gasteiger partial charge on any atom is 0.323 e. The molecule has 0 amide bonds. The van der Waals surface area contributed by atoms with Crippen molar-refractivity contribution in [3.63, 3.8) is 0 Å². The van der Waals surface area contributed by atoms with Crippen molar-refractivity contribution in [2.45, 2.75) is 25.6 Å². The van der Waals surface area contributed by atoms with E-state index < -0.39 is 0 Å². The van der Waals surface area contributed by atoms with Gasteiger partial charge in [0.1, 0.15) is 12.6 Å². The first kappa shape index (κ1) is 16.3. The lowest BCUT2D eigenvalue weighted by atomic mass is 9.94. The van der Waals surface area contributed by atoms with Gasteiger partial charge in [0, 0.05) is 18.5 Å². The molecule has 0 radical (unpaired) electrons. The molecule has 1 heterocycles. The van der Waals surface area contributed by atoms with E-state index in [0.29, 0.717) is 31.1 Å². The molecule has 0 saturated carbocycles. The molecule has 0 aromatic heterocycles. The Labute approximate surface area is 141 Å². The zero-order valence-electron chi connectivity index (χ0n) is 13.9. The van der Waals surface area contributed by atoms with Gasteiger partial charge in [-0.2, -0.15) is 0 Å². The maximum absolute atomic E-state index is 11.9. The quantitative estimate of drug-likeness (QED) is 0.855. The van der Waals surface area contributed by atoms with E-state index in [0.717, 1.165) is 16.7 Å². The molecule has 0 saturated heterocycles. The van der Waals surface area contributed by atoms with Crippen LogP contribution in [-0.4, -0.2) is 26.2 Å². The Morgan fingerprint density at radius 1 is 1.17 bits per heavy atom. The summed E-state index contributed by atoms with van der Waals surface area (Å²) in [7, 11) is 3.02. The summed E-state index contributed by atoms with van der Waals surface area (Å²) in [5, 5.41) is 3.19. The van der Waals surface area contributed by atoms with Crippen LogP contribution in [0.5, 0.6) is 11.5 Å². The van der Waals surface area contributed by atoms with Crippen LogP contribution in [0.15, 0.2) is 42.5 Å². The van der Waals surface area contributed by atoms with Gasteiger partial charge in [0.15, 0.2) is 11.5 Å². The highest BCUT2D eigenvalue weighted by Crippen LogP contribution is 2.36. The van der Waals surface area contributed by atoms with Gasteiger partial charge in [-0.1, -0.05) is 36.4 Å². The van der Waals surface area contributed by atoms with Gasteiger partial charge in [0.2, 0.25) is 0 Å². The third-order valence-corrected chi connectivity index (χ3v) is 4.20. The van der Waals surface area contributed by atoms with Gasteiger partial charge in [0.05, 0.1) is 14.2 Å². The molecule has 3 rings (SSSR count). The lowest BCUT2D eigenvalue weighted by Gasteiger charge is -2.27. The van der Waals surface area contributed by atoms with E-state index in [1.54, 1.807) is 7.11 Å². The predicted molar refractivity (Wildman–Crippen MR) is 90.1 cm³/mol. The Kier molecular flexibility index (Phi) is 5.01. The first-order chi connectivity index (χ1) is 11.7. The van der Waals surface area contributed by atoms with Crippen molar-refractivity contribution in [2.75, 3.05) is 14.2 Å². The number of fused-ring (bicyclic) bond motifs is 1. The number of benzene rings is 2. The van der Waals surface area contributed by atoms with E-state index in [4.69, 9.17) is 14.2 Å². The van der Waals surface area contributed by atoms with Crippen molar-refractivity contribution in [2.24, 2.45) is 0 Å². The third kappa shape index (κ3) is 3.36. The number of hydrogen-bond donors (Lipinski definition) is 1. The summed E-state index contributed by atoms with van der Waals surface area (Å²) in [4.78, 5) is 11.9. The number of carbonyl (C=O) groups excluding carboxylic acids is 1. The summed E-state index contributed by atoms with van der Waals surface area (Å²) in [6, 6.07) is 13.5. The van der Waals surface area contributed by atoms with Crippen molar-refractivity contribution in [3.8, 4) is 11.5 Å². The highest BCUT2D eigenvalue weighted by Gasteiger charge is 2.28. The Hall–Kier alpha value is -2.53. The highest BCUT2D eigenvalue weighted by atomic mass is 16.5. The fourth-order valence-corrected chi connectivity index (χ4v) is 2.90. The maximum atomic E-state index is 11.9. The molecule has 5 heteroatoms. The first-order valence-corrected chi connectivity index (χ1v) is 7.89. The Bertz CT molecular complexity index is 715. The van der Waals surface area contributed by atoms with Crippen LogP contribution in [0.3, 0.4) is 0 Å². The zero-order valence-corrected chi connectivity index (χ0v) is 13.9. The molecule has 0 bridgehead atoms. The molecule has 1 aliphatic rings. The molecule has 0 spiro atoms. The highest BCUT2D eigenvalue weighted by molar-refractivity contribution is 5.77. The largest absolute Gasteiger partial charge is 0.493 e. The number of ether oxygens (including phenoxy) is 3. The Balaban J connectivity index is 1.88. The van der Waals surface area contributed by atoms with Crippen LogP contribution >= 0.6 is 0 Å². The second-order valence-electron chi connectivity index (χ2n) is 5.67. The molecule has 2 aromatic rings. The van der Waals surface area contributed by atoms with Crippen molar-refractivity contribution in [3.05, 3.63) is 59.2 Å². The van der Waals surface area contributed by atoms with E-state index in [9.17, 15) is 4.79 Å². The Morgan fingerprint density at radius 3 is 2.67 bits per heavy atom. The summed E-state index contributed by atoms with van der Waals surface area (Å²) in [5.74, 6) is 1.11. The van der Waals surface area contributed by atoms with Crippen LogP contribution in [0.2, 0.25) is 0 Å². The number of carbonyl (C=O) groups is 1. The number of hydrogen-bond acceptors (Lipinski definition) is 5. The fraction of sp³-hybridized carbons (Fsp3) is 0.316. The van der Waals surface area contributed by atoms with Crippen molar-refractivity contribution >= 4 is 5.97 Å². The standard InChI is InChI=1S/C19H21NO4/c1-22-17-9-8-14-11-20-16(19(21)23-2)10-15(14)18(17)24-12-13-6-4-3-5-7-13/h3-9,16,20H,10-12H2,1-2H3. The van der Waals surface area contributed by atoms with Crippen LogP contribution in [0.25, 0.3) is 0 Å². The van der Waals surface area contributed by atoms with Crippen LogP contribution in [0, 0.1) is 0 Å². The fourth-order valence-electron chi connectivity index (χ4n) is 2.90. The van der Waals surface area contributed by atoms with Gasteiger partial charge in [-0.25, -0.2) is 0 Å². The normalized spacial score (nSPS) is 16.2. The smallest absolute Gasteiger partial charge is 0.323 e. The van der Waals surface area contributed by atoms with E-state index in [1.165, 1.54) is 7.11 Å². The minimum Gasteiger partial charge on any atom is -0.493 e. The van der Waals surface area contributed by atoms with Gasteiger partial charge in [-0.3, -0.25) is 4.79 Å². The SMILES string of the molecule is COC(=O)C1Cc2c(ccc(OC)c2OCc2ccccc2)CN1. The Morgan fingerprint density at radius 2 is 1.96 bits per heavy atom. The van der Waals surface area contributed by atoms with Crippen molar-refractivity contribution < 1.29 is 19.0 Å². The first-order valence-electron chi connectivity index (χ1n) is 7.89. The van der Waals surface area contributed by atoms with Gasteiger partial charge >= 0.3 is 5.97 Å². The van der Waals surface area contributed by atoms with Crippen LogP contribution in [-0.2, 0) is 29.1 Å². The number of nitrogens with one attached hydrogen (secondary N) is 1. The number of rotatable bonds is 5. The average Bonchev–Trinajstić information content (AvgIpc) is 2.65. The second-order valence-corrected chi connectivity index (χ2v) is 5.67. The summed E-state index contributed by atoms with van der Waals surface area (Å²) in [5.41, 5.74) is 3.19. The van der Waals surface area contributed by atoms with Crippen LogP contribution in [0.4, 0.5) is 0 Å². The summed E-state index contributed by atoms with van der Waals surface area (Å²) < 4.78 is 16.4. The summed E-state index contributed by atoms with van der Waals surface area (Å²) >= 11 is 0. The van der Waals surface area contributed by atoms with Crippen molar-refractivity contribution in [1.82, 2.24) is 5.32 Å². The number of esters is 1. The molecule has 0 fully saturated rings. The molecular formula is C19H21NO4. The minimum atomic E-state index is -0.367. The van der Waals surface area contributed by atoms with Gasteiger partial charge in [0.25, 0.3) is 0 Å². The average molecular weight is 327 g/mol. The van der Waals surface area contributed by atoms with Crippen LogP contribution in [0.1, 0.15) is 16.7 Å². The van der Waals surface area contributed by atoms with Gasteiger partial charge in [-0.05, 0) is 17.2 Å². The van der Waals surface area contributed by atoms with E-state index >= 15 is 0 Å². The zero-order chi connectivity index (χ0) is 16.9. The molecular weight excluding hydrogens is 306 g/mol. The molecule has 5 nitrogen and oxygen atoms in total. The van der Waals surface area contributed by atoms with Crippen molar-refractivity contribution in [1.29, 1.82) is 0 Å². The second kappa shape index (κ2) is 7.36. The topological polar surface area (TPSA) is 56.8 Å². The molecule has 0 aliphatic carbocycles. The summed E-state index contributed by atoms with van der Waals surface area (Å²) in [6.07, 6.45) is 0.517. The van der Waals surface area contributed by atoms with E-state index in [2.05, 4.69) is 5.32 Å². The monoisotopic (exact) mass is 327 g/mol. The molecule has 126 valence electrons. The predicted octanol–water partition coefficient (Wildman–Crippen LogP) is 2.46. The van der Waals surface area contributed by atoms with Gasteiger partial charge in [-0.15, -0.1) is 0 Å². The molecule has 1 atom stereocenters. The molecule has 1 unspecified atom stereocenters. The lowest BCUT2D eigenvalue weighted by molar-refractivity contribution is -0.143. The minimum absolute atomic E-state index is 0.266. The summed E-state index contributed by atoms with van der Waals surface area (Å²) in [6.45, 7) is 1.05. The molecule has 24 heavy (non-hydrogen) atoms. The molecule has 2 aromatic carbocycles. The third-order valence-electron chi connectivity index (χ3n) is 4.20. The number of methoxy groups -OCH3 is 2. The molecule has 1 N–H and O–H groups in total. The van der Waals surface area contributed by atoms with Gasteiger partial charge < -0.3 is 19.5 Å². The van der Waals surface area contributed by atoms with E-state index in [1.807, 2.05) is 42.5 Å².